The Morgan fingerprint density at radius 3 is 2.77 bits per heavy atom. The predicted molar refractivity (Wildman–Crippen MR) is 105 cm³/mol. The van der Waals surface area contributed by atoms with Crippen LogP contribution in [0.15, 0.2) is 49.1 Å². The van der Waals surface area contributed by atoms with E-state index in [2.05, 4.69) is 44.7 Å². The van der Waals surface area contributed by atoms with Gasteiger partial charge in [-0.15, -0.1) is 0 Å². The Balaban J connectivity index is 1.29. The van der Waals surface area contributed by atoms with Crippen LogP contribution >= 0.6 is 0 Å². The Bertz CT molecular complexity index is 833. The van der Waals surface area contributed by atoms with Crippen LogP contribution in [0.4, 0.5) is 11.5 Å². The van der Waals surface area contributed by atoms with Gasteiger partial charge >= 0.3 is 0 Å². The van der Waals surface area contributed by atoms with Gasteiger partial charge in [0, 0.05) is 37.9 Å². The summed E-state index contributed by atoms with van der Waals surface area (Å²) in [4.78, 5) is 11.4. The largest absolute Gasteiger partial charge is 0.378 e. The molecule has 26 heavy (non-hydrogen) atoms. The lowest BCUT2D eigenvalue weighted by molar-refractivity contribution is 0.226. The van der Waals surface area contributed by atoms with Crippen LogP contribution in [-0.2, 0) is 6.54 Å². The molecule has 1 saturated heterocycles. The normalized spacial score (nSPS) is 16.0. The van der Waals surface area contributed by atoms with Crippen LogP contribution in [0.25, 0.3) is 5.65 Å². The Labute approximate surface area is 154 Å². The molecule has 0 saturated carbocycles. The minimum Gasteiger partial charge on any atom is -0.378 e. The number of piperidine rings is 1. The Morgan fingerprint density at radius 2 is 1.96 bits per heavy atom. The summed E-state index contributed by atoms with van der Waals surface area (Å²) in [5, 5.41) is 6.94. The maximum Gasteiger partial charge on any atom is 0.160 e. The van der Waals surface area contributed by atoms with Gasteiger partial charge in [0.1, 0.15) is 5.82 Å². The number of pyridine rings is 2. The van der Waals surface area contributed by atoms with Gasteiger partial charge in [-0.3, -0.25) is 0 Å². The smallest absolute Gasteiger partial charge is 0.160 e. The minimum atomic E-state index is 0.731. The molecule has 4 heterocycles. The van der Waals surface area contributed by atoms with Gasteiger partial charge in [-0.2, -0.15) is 0 Å². The van der Waals surface area contributed by atoms with E-state index in [1.807, 2.05) is 41.3 Å². The lowest BCUT2D eigenvalue weighted by Crippen LogP contribution is -2.33. The number of nitrogens with one attached hydrogen (secondary N) is 2. The standard InChI is InChI=1S/C20H26N6/c1-25-10-6-16(7-11-25)13-23-19-5-4-17(15-24-19)14-22-18-3-2-9-26-12-8-21-20(18)26/h2-5,8-9,12,15-16,22H,6-7,10-11,13-14H2,1H3,(H,23,24). The van der Waals surface area contributed by atoms with Crippen molar-refractivity contribution >= 4 is 17.2 Å². The van der Waals surface area contributed by atoms with Crippen molar-refractivity contribution in [2.24, 2.45) is 5.92 Å². The van der Waals surface area contributed by atoms with Gasteiger partial charge < -0.3 is 19.9 Å². The fourth-order valence-corrected chi connectivity index (χ4v) is 3.43. The van der Waals surface area contributed by atoms with Gasteiger partial charge in [0.25, 0.3) is 0 Å². The summed E-state index contributed by atoms with van der Waals surface area (Å²) in [6.45, 7) is 4.15. The number of imidazole rings is 1. The molecule has 1 fully saturated rings. The molecule has 136 valence electrons. The van der Waals surface area contributed by atoms with Crippen LogP contribution in [0, 0.1) is 5.92 Å². The molecule has 2 N–H and O–H groups in total. The highest BCUT2D eigenvalue weighted by atomic mass is 15.1. The fourth-order valence-electron chi connectivity index (χ4n) is 3.43. The van der Waals surface area contributed by atoms with Crippen molar-refractivity contribution in [3.8, 4) is 0 Å². The first-order valence-corrected chi connectivity index (χ1v) is 9.31. The van der Waals surface area contributed by atoms with Crippen molar-refractivity contribution in [1.82, 2.24) is 19.3 Å². The molecule has 3 aromatic heterocycles. The van der Waals surface area contributed by atoms with E-state index in [9.17, 15) is 0 Å². The summed E-state index contributed by atoms with van der Waals surface area (Å²) in [7, 11) is 2.20. The molecular formula is C20H26N6. The lowest BCUT2D eigenvalue weighted by Gasteiger charge is -2.29. The van der Waals surface area contributed by atoms with Crippen molar-refractivity contribution in [1.29, 1.82) is 0 Å². The molecule has 0 aliphatic carbocycles. The topological polar surface area (TPSA) is 57.5 Å². The summed E-state index contributed by atoms with van der Waals surface area (Å²) in [6.07, 6.45) is 10.2. The van der Waals surface area contributed by atoms with Crippen molar-refractivity contribution in [3.05, 3.63) is 54.6 Å². The maximum atomic E-state index is 4.56. The summed E-state index contributed by atoms with van der Waals surface area (Å²) in [5.41, 5.74) is 3.13. The van der Waals surface area contributed by atoms with Crippen molar-refractivity contribution < 1.29 is 0 Å². The zero-order chi connectivity index (χ0) is 17.8. The van der Waals surface area contributed by atoms with Gasteiger partial charge in [-0.05, 0) is 62.7 Å². The monoisotopic (exact) mass is 350 g/mol. The SMILES string of the molecule is CN1CCC(CNc2ccc(CNc3cccn4ccnc34)cn2)CC1. The lowest BCUT2D eigenvalue weighted by atomic mass is 9.97. The van der Waals surface area contributed by atoms with E-state index >= 15 is 0 Å². The number of hydrogen-bond acceptors (Lipinski definition) is 5. The molecule has 0 bridgehead atoms. The van der Waals surface area contributed by atoms with Crippen LogP contribution in [0.1, 0.15) is 18.4 Å². The quantitative estimate of drug-likeness (QED) is 0.715. The number of hydrogen-bond donors (Lipinski definition) is 2. The molecule has 0 unspecified atom stereocenters. The van der Waals surface area contributed by atoms with E-state index in [-0.39, 0.29) is 0 Å². The Kier molecular flexibility index (Phi) is 5.02. The third-order valence-corrected chi connectivity index (χ3v) is 5.14. The van der Waals surface area contributed by atoms with Gasteiger partial charge in [0.05, 0.1) is 5.69 Å². The highest BCUT2D eigenvalue weighted by Gasteiger charge is 2.16. The zero-order valence-electron chi connectivity index (χ0n) is 15.2. The maximum absolute atomic E-state index is 4.56. The highest BCUT2D eigenvalue weighted by molar-refractivity contribution is 5.67. The number of anilines is 2. The molecule has 3 aromatic rings. The molecule has 1 aliphatic rings. The number of nitrogens with zero attached hydrogens (tertiary/aromatic N) is 4. The molecule has 4 rings (SSSR count). The van der Waals surface area contributed by atoms with E-state index in [0.717, 1.165) is 41.7 Å². The van der Waals surface area contributed by atoms with Crippen molar-refractivity contribution in [3.63, 3.8) is 0 Å². The summed E-state index contributed by atoms with van der Waals surface area (Å²) in [6, 6.07) is 8.27. The molecule has 0 spiro atoms. The third-order valence-electron chi connectivity index (χ3n) is 5.14. The van der Waals surface area contributed by atoms with E-state index < -0.39 is 0 Å². The first-order chi connectivity index (χ1) is 12.8. The zero-order valence-corrected chi connectivity index (χ0v) is 15.2. The predicted octanol–water partition coefficient (Wildman–Crippen LogP) is 3.10. The van der Waals surface area contributed by atoms with Crippen LogP contribution in [0.3, 0.4) is 0 Å². The van der Waals surface area contributed by atoms with Crippen molar-refractivity contribution in [2.45, 2.75) is 19.4 Å². The minimum absolute atomic E-state index is 0.731. The fraction of sp³-hybridized carbons (Fsp3) is 0.400. The van der Waals surface area contributed by atoms with Crippen LogP contribution < -0.4 is 10.6 Å². The Hall–Kier alpha value is -2.60. The molecule has 6 nitrogen and oxygen atoms in total. The second kappa shape index (κ2) is 7.74. The van der Waals surface area contributed by atoms with E-state index in [4.69, 9.17) is 0 Å². The van der Waals surface area contributed by atoms with E-state index in [1.54, 1.807) is 0 Å². The first-order valence-electron chi connectivity index (χ1n) is 9.31. The first kappa shape index (κ1) is 16.8. The number of rotatable bonds is 6. The van der Waals surface area contributed by atoms with Crippen LogP contribution in [0.2, 0.25) is 0 Å². The van der Waals surface area contributed by atoms with Gasteiger partial charge in [-0.1, -0.05) is 6.07 Å². The van der Waals surface area contributed by atoms with Crippen molar-refractivity contribution in [2.75, 3.05) is 37.3 Å². The average molecular weight is 350 g/mol. The van der Waals surface area contributed by atoms with Gasteiger partial charge in [0.15, 0.2) is 5.65 Å². The second-order valence-electron chi connectivity index (χ2n) is 7.11. The third kappa shape index (κ3) is 3.96. The molecular weight excluding hydrogens is 324 g/mol. The van der Waals surface area contributed by atoms with Gasteiger partial charge in [-0.25, -0.2) is 9.97 Å². The van der Waals surface area contributed by atoms with E-state index in [1.165, 1.54) is 25.9 Å². The molecule has 0 aromatic carbocycles. The summed E-state index contributed by atoms with van der Waals surface area (Å²) < 4.78 is 2.01. The summed E-state index contributed by atoms with van der Waals surface area (Å²) >= 11 is 0. The number of aromatic nitrogens is 3. The second-order valence-corrected chi connectivity index (χ2v) is 7.11. The summed E-state index contributed by atoms with van der Waals surface area (Å²) in [5.74, 6) is 1.72. The van der Waals surface area contributed by atoms with Gasteiger partial charge in [0.2, 0.25) is 0 Å². The number of fused-ring (bicyclic) bond motifs is 1. The highest BCUT2D eigenvalue weighted by Crippen LogP contribution is 2.18. The van der Waals surface area contributed by atoms with E-state index in [0.29, 0.717) is 0 Å². The van der Waals surface area contributed by atoms with Crippen LogP contribution in [0.5, 0.6) is 0 Å². The molecule has 0 atom stereocenters. The van der Waals surface area contributed by atoms with Crippen LogP contribution in [-0.4, -0.2) is 46.0 Å². The number of likely N-dealkylation sites (tertiary alicyclic amines) is 1. The average Bonchev–Trinajstić information content (AvgIpc) is 3.16. The Morgan fingerprint density at radius 1 is 1.08 bits per heavy atom. The molecule has 0 radical (unpaired) electrons. The molecule has 1 aliphatic heterocycles. The molecule has 0 amide bonds. The molecule has 6 heteroatoms.